The molecule has 1 aliphatic heterocycles. The Morgan fingerprint density at radius 3 is 2.57 bits per heavy atom. The molecule has 0 spiro atoms. The van der Waals surface area contributed by atoms with E-state index in [4.69, 9.17) is 23.1 Å². The third-order valence-electron chi connectivity index (χ3n) is 3.39. The largest absolute Gasteiger partial charge is 0.381 e. The first-order valence-corrected chi connectivity index (χ1v) is 7.43. The highest BCUT2D eigenvalue weighted by Crippen LogP contribution is 2.19. The van der Waals surface area contributed by atoms with E-state index in [1.54, 1.807) is 16.8 Å². The van der Waals surface area contributed by atoms with E-state index in [0.29, 0.717) is 16.7 Å². The molecule has 0 saturated carbocycles. The highest BCUT2D eigenvalue weighted by molar-refractivity contribution is 6.30. The number of anilines is 1. The van der Waals surface area contributed by atoms with Crippen LogP contribution in [0.4, 0.5) is 5.69 Å². The van der Waals surface area contributed by atoms with Gasteiger partial charge in [-0.3, -0.25) is 5.73 Å². The van der Waals surface area contributed by atoms with Crippen LogP contribution in [0.1, 0.15) is 11.4 Å². The summed E-state index contributed by atoms with van der Waals surface area (Å²) in [4.78, 5) is 4.20. The fourth-order valence-corrected chi connectivity index (χ4v) is 2.50. The SMILES string of the molecule is Cc1cc(C)n(C2=C(N)N=CC(N)(Nc3ccc(Cl)cc3)N2)n1. The number of nitrogens with zero attached hydrogens (tertiary/aromatic N) is 3. The predicted octanol–water partition coefficient (Wildman–Crippen LogP) is 1.59. The van der Waals surface area contributed by atoms with Gasteiger partial charge in [0.15, 0.2) is 11.6 Å². The molecule has 3 rings (SSSR count). The second kappa shape index (κ2) is 5.60. The van der Waals surface area contributed by atoms with Crippen LogP contribution >= 0.6 is 11.6 Å². The molecule has 1 unspecified atom stereocenters. The quantitative estimate of drug-likeness (QED) is 0.639. The Bertz CT molecular complexity index is 791. The molecule has 2 heterocycles. The minimum atomic E-state index is -1.10. The Hall–Kier alpha value is -2.51. The zero-order valence-electron chi connectivity index (χ0n) is 12.8. The first-order valence-electron chi connectivity index (χ1n) is 7.06. The molecule has 0 bridgehead atoms. The van der Waals surface area contributed by atoms with Crippen molar-refractivity contribution in [2.24, 2.45) is 16.5 Å². The van der Waals surface area contributed by atoms with E-state index < -0.39 is 5.79 Å². The summed E-state index contributed by atoms with van der Waals surface area (Å²) in [7, 11) is 0. The lowest BCUT2D eigenvalue weighted by Gasteiger charge is -2.33. The Kier molecular flexibility index (Phi) is 3.75. The normalized spacial score (nSPS) is 20.5. The van der Waals surface area contributed by atoms with Crippen LogP contribution in [-0.2, 0) is 0 Å². The van der Waals surface area contributed by atoms with E-state index in [2.05, 4.69) is 20.7 Å². The maximum atomic E-state index is 6.34. The predicted molar refractivity (Wildman–Crippen MR) is 92.7 cm³/mol. The molecular formula is C15H18ClN7. The summed E-state index contributed by atoms with van der Waals surface area (Å²) in [6.45, 7) is 3.85. The van der Waals surface area contributed by atoms with Crippen molar-refractivity contribution in [2.75, 3.05) is 5.32 Å². The molecule has 0 saturated heterocycles. The van der Waals surface area contributed by atoms with Gasteiger partial charge in [-0.05, 0) is 44.2 Å². The van der Waals surface area contributed by atoms with Gasteiger partial charge in [0.1, 0.15) is 0 Å². The smallest absolute Gasteiger partial charge is 0.201 e. The highest BCUT2D eigenvalue weighted by atomic mass is 35.5. The monoisotopic (exact) mass is 331 g/mol. The van der Waals surface area contributed by atoms with Crippen LogP contribution in [0.2, 0.25) is 5.02 Å². The summed E-state index contributed by atoms with van der Waals surface area (Å²) in [6, 6.07) is 9.16. The van der Waals surface area contributed by atoms with Crippen LogP contribution in [0.15, 0.2) is 41.1 Å². The van der Waals surface area contributed by atoms with Crippen LogP contribution in [0.25, 0.3) is 5.82 Å². The lowest BCUT2D eigenvalue weighted by atomic mass is 10.2. The van der Waals surface area contributed by atoms with Crippen molar-refractivity contribution in [1.29, 1.82) is 0 Å². The first kappa shape index (κ1) is 15.4. The van der Waals surface area contributed by atoms with Crippen molar-refractivity contribution in [1.82, 2.24) is 15.1 Å². The van der Waals surface area contributed by atoms with E-state index in [1.165, 1.54) is 6.21 Å². The van der Waals surface area contributed by atoms with Gasteiger partial charge in [0.05, 0.1) is 11.9 Å². The summed E-state index contributed by atoms with van der Waals surface area (Å²) in [5, 5.41) is 11.4. The van der Waals surface area contributed by atoms with Crippen molar-refractivity contribution in [3.8, 4) is 0 Å². The Balaban J connectivity index is 1.88. The minimum Gasteiger partial charge on any atom is -0.381 e. The number of aliphatic imine (C=N–C) groups is 1. The van der Waals surface area contributed by atoms with Crippen molar-refractivity contribution in [3.05, 3.63) is 52.6 Å². The number of halogens is 1. The van der Waals surface area contributed by atoms with Gasteiger partial charge in [-0.15, -0.1) is 0 Å². The van der Waals surface area contributed by atoms with Crippen molar-refractivity contribution >= 4 is 29.3 Å². The van der Waals surface area contributed by atoms with E-state index in [9.17, 15) is 0 Å². The number of nitrogens with one attached hydrogen (secondary N) is 2. The van der Waals surface area contributed by atoms with Crippen LogP contribution in [0.3, 0.4) is 0 Å². The Morgan fingerprint density at radius 2 is 1.96 bits per heavy atom. The summed E-state index contributed by atoms with van der Waals surface area (Å²) in [6.07, 6.45) is 1.52. The summed E-state index contributed by atoms with van der Waals surface area (Å²) < 4.78 is 1.69. The number of benzene rings is 1. The molecule has 1 aromatic carbocycles. The molecule has 0 radical (unpaired) electrons. The molecule has 7 nitrogen and oxygen atoms in total. The zero-order valence-corrected chi connectivity index (χ0v) is 13.6. The Morgan fingerprint density at radius 1 is 1.26 bits per heavy atom. The maximum Gasteiger partial charge on any atom is 0.201 e. The molecule has 2 aromatic rings. The standard InChI is InChI=1S/C15H18ClN7/c1-9-7-10(2)23(22-9)14-13(17)19-8-15(18,21-14)20-12-5-3-11(16)4-6-12/h3-8,20-21H,17-18H2,1-2H3. The minimum absolute atomic E-state index is 0.315. The molecule has 1 aromatic heterocycles. The molecule has 23 heavy (non-hydrogen) atoms. The van der Waals surface area contributed by atoms with E-state index in [0.717, 1.165) is 17.1 Å². The zero-order chi connectivity index (χ0) is 16.6. The second-order valence-electron chi connectivity index (χ2n) is 5.46. The summed E-state index contributed by atoms with van der Waals surface area (Å²) >= 11 is 5.89. The van der Waals surface area contributed by atoms with E-state index >= 15 is 0 Å². The van der Waals surface area contributed by atoms with Gasteiger partial charge in [0.2, 0.25) is 5.79 Å². The van der Waals surface area contributed by atoms with E-state index in [-0.39, 0.29) is 0 Å². The fourth-order valence-electron chi connectivity index (χ4n) is 2.38. The van der Waals surface area contributed by atoms with Gasteiger partial charge in [0.25, 0.3) is 0 Å². The second-order valence-corrected chi connectivity index (χ2v) is 5.89. The van der Waals surface area contributed by atoms with Crippen LogP contribution < -0.4 is 22.1 Å². The summed E-state index contributed by atoms with van der Waals surface area (Å²) in [5.74, 6) is -0.254. The highest BCUT2D eigenvalue weighted by Gasteiger charge is 2.29. The number of nitrogens with two attached hydrogens (primary N) is 2. The molecule has 0 amide bonds. The molecule has 8 heteroatoms. The Labute approximate surface area is 139 Å². The first-order chi connectivity index (χ1) is 10.9. The van der Waals surface area contributed by atoms with Crippen LogP contribution in [0.5, 0.6) is 0 Å². The maximum absolute atomic E-state index is 6.34. The molecule has 0 aliphatic carbocycles. The fraction of sp³-hybridized carbons (Fsp3) is 0.200. The summed E-state index contributed by atoms with van der Waals surface area (Å²) in [5.41, 5.74) is 14.9. The average Bonchev–Trinajstić information content (AvgIpc) is 2.83. The van der Waals surface area contributed by atoms with Crippen molar-refractivity contribution < 1.29 is 0 Å². The number of hydrogen-bond donors (Lipinski definition) is 4. The van der Waals surface area contributed by atoms with Crippen LogP contribution in [0, 0.1) is 13.8 Å². The molecule has 0 fully saturated rings. The third kappa shape index (κ3) is 3.15. The van der Waals surface area contributed by atoms with Gasteiger partial charge in [0, 0.05) is 16.4 Å². The van der Waals surface area contributed by atoms with Crippen LogP contribution in [-0.4, -0.2) is 21.8 Å². The molecule has 1 aliphatic rings. The lowest BCUT2D eigenvalue weighted by Crippen LogP contribution is -2.62. The van der Waals surface area contributed by atoms with Gasteiger partial charge in [-0.25, -0.2) is 9.67 Å². The van der Waals surface area contributed by atoms with Gasteiger partial charge in [-0.1, -0.05) is 11.6 Å². The topological polar surface area (TPSA) is 106 Å². The molecular weight excluding hydrogens is 314 g/mol. The van der Waals surface area contributed by atoms with Gasteiger partial charge >= 0.3 is 0 Å². The van der Waals surface area contributed by atoms with Gasteiger partial charge < -0.3 is 16.4 Å². The van der Waals surface area contributed by atoms with Gasteiger partial charge in [-0.2, -0.15) is 5.10 Å². The number of hydrogen-bond acceptors (Lipinski definition) is 6. The van der Waals surface area contributed by atoms with Crippen molar-refractivity contribution in [3.63, 3.8) is 0 Å². The molecule has 120 valence electrons. The molecule has 1 atom stereocenters. The molecule has 6 N–H and O–H groups in total. The van der Waals surface area contributed by atoms with Crippen molar-refractivity contribution in [2.45, 2.75) is 19.6 Å². The number of rotatable bonds is 3. The third-order valence-corrected chi connectivity index (χ3v) is 3.64. The van der Waals surface area contributed by atoms with E-state index in [1.807, 2.05) is 32.0 Å². The number of aryl methyl sites for hydroxylation is 2. The number of aromatic nitrogens is 2. The average molecular weight is 332 g/mol. The lowest BCUT2D eigenvalue weighted by molar-refractivity contribution is 0.559.